The van der Waals surface area contributed by atoms with Crippen molar-refractivity contribution < 1.29 is 0 Å². The van der Waals surface area contributed by atoms with Crippen molar-refractivity contribution in [1.29, 1.82) is 0 Å². The maximum absolute atomic E-state index is 4.83. The number of fused-ring (bicyclic) bond motifs is 1. The molecule has 1 N–H and O–H groups in total. The Bertz CT molecular complexity index is 555. The predicted octanol–water partition coefficient (Wildman–Crippen LogP) is 3.54. The van der Waals surface area contributed by atoms with Gasteiger partial charge in [0.1, 0.15) is 5.82 Å². The van der Waals surface area contributed by atoms with E-state index in [2.05, 4.69) is 55.8 Å². The second-order valence-electron chi connectivity index (χ2n) is 6.02. The molecule has 3 nitrogen and oxygen atoms in total. The quantitative estimate of drug-likeness (QED) is 0.782. The van der Waals surface area contributed by atoms with Gasteiger partial charge in [-0.3, -0.25) is 0 Å². The van der Waals surface area contributed by atoms with Crippen LogP contribution in [0.15, 0.2) is 18.2 Å². The van der Waals surface area contributed by atoms with Crippen LogP contribution in [0.2, 0.25) is 0 Å². The summed E-state index contributed by atoms with van der Waals surface area (Å²) < 4.78 is 2.38. The summed E-state index contributed by atoms with van der Waals surface area (Å²) in [7, 11) is 0. The van der Waals surface area contributed by atoms with E-state index in [1.807, 2.05) is 0 Å². The van der Waals surface area contributed by atoms with Gasteiger partial charge >= 0.3 is 0 Å². The van der Waals surface area contributed by atoms with E-state index in [4.69, 9.17) is 4.98 Å². The molecule has 1 aromatic carbocycles. The molecule has 0 aliphatic rings. The number of imidazole rings is 1. The molecule has 0 fully saturated rings. The molecule has 110 valence electrons. The third kappa shape index (κ3) is 3.60. The zero-order valence-corrected chi connectivity index (χ0v) is 13.2. The summed E-state index contributed by atoms with van der Waals surface area (Å²) >= 11 is 0. The van der Waals surface area contributed by atoms with Crippen molar-refractivity contribution in [2.45, 2.75) is 47.1 Å². The van der Waals surface area contributed by atoms with Gasteiger partial charge < -0.3 is 9.88 Å². The molecule has 0 radical (unpaired) electrons. The van der Waals surface area contributed by atoms with Crippen LogP contribution in [0.4, 0.5) is 0 Å². The summed E-state index contributed by atoms with van der Waals surface area (Å²) in [5.41, 5.74) is 3.69. The molecule has 0 aliphatic carbocycles. The van der Waals surface area contributed by atoms with Gasteiger partial charge in [0, 0.05) is 19.5 Å². The van der Waals surface area contributed by atoms with Crippen molar-refractivity contribution in [3.8, 4) is 0 Å². The Labute approximate surface area is 122 Å². The van der Waals surface area contributed by atoms with Crippen molar-refractivity contribution in [2.24, 2.45) is 5.92 Å². The molecule has 20 heavy (non-hydrogen) atoms. The highest BCUT2D eigenvalue weighted by atomic mass is 15.1. The average Bonchev–Trinajstić information content (AvgIpc) is 2.72. The van der Waals surface area contributed by atoms with Gasteiger partial charge in [0.05, 0.1) is 11.0 Å². The molecule has 0 saturated heterocycles. The summed E-state index contributed by atoms with van der Waals surface area (Å²) in [5.74, 6) is 1.91. The van der Waals surface area contributed by atoms with Crippen molar-refractivity contribution in [2.75, 3.05) is 13.1 Å². The first-order valence-corrected chi connectivity index (χ1v) is 7.78. The second kappa shape index (κ2) is 6.89. The summed E-state index contributed by atoms with van der Waals surface area (Å²) in [6, 6.07) is 6.57. The van der Waals surface area contributed by atoms with Gasteiger partial charge in [-0.15, -0.1) is 0 Å². The number of hydrogen-bond acceptors (Lipinski definition) is 2. The number of hydrogen-bond donors (Lipinski definition) is 1. The smallest absolute Gasteiger partial charge is 0.111 e. The lowest BCUT2D eigenvalue weighted by atomic mass is 10.2. The molecule has 0 atom stereocenters. The SMILES string of the molecule is CCCn1c(CCNCC(C)C)nc2cc(C)ccc21. The van der Waals surface area contributed by atoms with Crippen LogP contribution in [0, 0.1) is 12.8 Å². The molecule has 1 aromatic heterocycles. The van der Waals surface area contributed by atoms with E-state index in [1.54, 1.807) is 0 Å². The zero-order chi connectivity index (χ0) is 14.5. The van der Waals surface area contributed by atoms with E-state index in [0.29, 0.717) is 5.92 Å². The molecule has 0 spiro atoms. The number of aromatic nitrogens is 2. The Morgan fingerprint density at radius 2 is 2.10 bits per heavy atom. The third-order valence-corrected chi connectivity index (χ3v) is 3.51. The topological polar surface area (TPSA) is 29.9 Å². The minimum Gasteiger partial charge on any atom is -0.328 e. The molecule has 1 heterocycles. The highest BCUT2D eigenvalue weighted by molar-refractivity contribution is 5.76. The second-order valence-corrected chi connectivity index (χ2v) is 6.02. The van der Waals surface area contributed by atoms with Crippen molar-refractivity contribution >= 4 is 11.0 Å². The molecule has 0 unspecified atom stereocenters. The Hall–Kier alpha value is -1.35. The van der Waals surface area contributed by atoms with Crippen LogP contribution in [-0.2, 0) is 13.0 Å². The van der Waals surface area contributed by atoms with Crippen LogP contribution in [0.5, 0.6) is 0 Å². The number of benzene rings is 1. The molecule has 0 bridgehead atoms. The first-order chi connectivity index (χ1) is 9.61. The van der Waals surface area contributed by atoms with E-state index in [0.717, 1.165) is 38.0 Å². The van der Waals surface area contributed by atoms with E-state index >= 15 is 0 Å². The standard InChI is InChI=1S/C17H27N3/c1-5-10-20-16-7-6-14(4)11-15(16)19-17(20)8-9-18-12-13(2)3/h6-7,11,13,18H,5,8-10,12H2,1-4H3. The predicted molar refractivity (Wildman–Crippen MR) is 86.2 cm³/mol. The summed E-state index contributed by atoms with van der Waals surface area (Å²) in [6.45, 7) is 12.0. The number of rotatable bonds is 7. The van der Waals surface area contributed by atoms with Crippen molar-refractivity contribution in [1.82, 2.24) is 14.9 Å². The third-order valence-electron chi connectivity index (χ3n) is 3.51. The highest BCUT2D eigenvalue weighted by Gasteiger charge is 2.09. The fourth-order valence-corrected chi connectivity index (χ4v) is 2.54. The van der Waals surface area contributed by atoms with Gasteiger partial charge in [-0.05, 0) is 43.5 Å². The van der Waals surface area contributed by atoms with E-state index in [1.165, 1.54) is 16.9 Å². The van der Waals surface area contributed by atoms with Crippen LogP contribution in [0.3, 0.4) is 0 Å². The molecule has 0 saturated carbocycles. The Morgan fingerprint density at radius 1 is 1.30 bits per heavy atom. The van der Waals surface area contributed by atoms with Gasteiger partial charge in [0.25, 0.3) is 0 Å². The fraction of sp³-hybridized carbons (Fsp3) is 0.588. The molecule has 0 amide bonds. The molecule has 3 heteroatoms. The maximum atomic E-state index is 4.83. The first-order valence-electron chi connectivity index (χ1n) is 7.78. The van der Waals surface area contributed by atoms with Gasteiger partial charge in [-0.1, -0.05) is 26.8 Å². The lowest BCUT2D eigenvalue weighted by Crippen LogP contribution is -2.23. The number of nitrogens with one attached hydrogen (secondary N) is 1. The minimum absolute atomic E-state index is 0.701. The van der Waals surface area contributed by atoms with Crippen molar-refractivity contribution in [3.63, 3.8) is 0 Å². The van der Waals surface area contributed by atoms with Gasteiger partial charge in [-0.2, -0.15) is 0 Å². The summed E-state index contributed by atoms with van der Waals surface area (Å²) in [4.78, 5) is 4.83. The molecule has 2 rings (SSSR count). The number of aryl methyl sites for hydroxylation is 2. The Balaban J connectivity index is 2.16. The fourth-order valence-electron chi connectivity index (χ4n) is 2.54. The summed E-state index contributed by atoms with van der Waals surface area (Å²) in [5, 5.41) is 3.51. The maximum Gasteiger partial charge on any atom is 0.111 e. The number of nitrogens with zero attached hydrogens (tertiary/aromatic N) is 2. The van der Waals surface area contributed by atoms with Crippen LogP contribution >= 0.6 is 0 Å². The lowest BCUT2D eigenvalue weighted by Gasteiger charge is -2.09. The van der Waals surface area contributed by atoms with E-state index < -0.39 is 0 Å². The van der Waals surface area contributed by atoms with Crippen molar-refractivity contribution in [3.05, 3.63) is 29.6 Å². The van der Waals surface area contributed by atoms with E-state index in [9.17, 15) is 0 Å². The zero-order valence-electron chi connectivity index (χ0n) is 13.2. The monoisotopic (exact) mass is 273 g/mol. The van der Waals surface area contributed by atoms with E-state index in [-0.39, 0.29) is 0 Å². The van der Waals surface area contributed by atoms with Crippen LogP contribution in [0.25, 0.3) is 11.0 Å². The minimum atomic E-state index is 0.701. The molecule has 0 aliphatic heterocycles. The lowest BCUT2D eigenvalue weighted by molar-refractivity contribution is 0.543. The summed E-state index contributed by atoms with van der Waals surface area (Å²) in [6.07, 6.45) is 2.15. The Morgan fingerprint density at radius 3 is 2.80 bits per heavy atom. The van der Waals surface area contributed by atoms with Crippen LogP contribution in [-0.4, -0.2) is 22.6 Å². The molecule has 2 aromatic rings. The Kier molecular flexibility index (Phi) is 5.18. The van der Waals surface area contributed by atoms with Gasteiger partial charge in [-0.25, -0.2) is 4.98 Å². The highest BCUT2D eigenvalue weighted by Crippen LogP contribution is 2.18. The first kappa shape index (κ1) is 15.0. The van der Waals surface area contributed by atoms with Crippen LogP contribution in [0.1, 0.15) is 38.6 Å². The molecular formula is C17H27N3. The average molecular weight is 273 g/mol. The van der Waals surface area contributed by atoms with Crippen LogP contribution < -0.4 is 5.32 Å². The van der Waals surface area contributed by atoms with Gasteiger partial charge in [0.2, 0.25) is 0 Å². The largest absolute Gasteiger partial charge is 0.328 e. The normalized spacial score (nSPS) is 11.7. The van der Waals surface area contributed by atoms with Gasteiger partial charge in [0.15, 0.2) is 0 Å². The molecular weight excluding hydrogens is 246 g/mol.